The molecule has 2 atom stereocenters. The van der Waals surface area contributed by atoms with Gasteiger partial charge >= 0.3 is 0 Å². The molecule has 0 saturated carbocycles. The van der Waals surface area contributed by atoms with Gasteiger partial charge in [-0.1, -0.05) is 201 Å². The van der Waals surface area contributed by atoms with Gasteiger partial charge in [-0.25, -0.2) is 0 Å². The minimum Gasteiger partial charge on any atom is -0.0654 e. The Labute approximate surface area is 271 Å². The molecular weight excluding hydrogens is 504 g/mol. The highest BCUT2D eigenvalue weighted by Gasteiger charge is 2.51. The molecule has 0 saturated heterocycles. The van der Waals surface area contributed by atoms with Crippen LogP contribution in [0, 0.1) is 32.5 Å². The average Bonchev–Trinajstić information content (AvgIpc) is 2.95. The Bertz CT molecular complexity index is 616. The van der Waals surface area contributed by atoms with E-state index in [1.165, 1.54) is 128 Å². The van der Waals surface area contributed by atoms with Crippen LogP contribution in [0.2, 0.25) is 0 Å². The van der Waals surface area contributed by atoms with Gasteiger partial charge in [-0.3, -0.25) is 0 Å². The third-order valence-corrected chi connectivity index (χ3v) is 13.5. The molecular formula is C42H88. The molecule has 0 aromatic heterocycles. The average molecular weight is 593 g/mol. The normalized spacial score (nSPS) is 16.0. The molecule has 0 nitrogen and oxygen atoms in total. The van der Waals surface area contributed by atoms with Crippen LogP contribution in [0.3, 0.4) is 0 Å². The van der Waals surface area contributed by atoms with Crippen LogP contribution in [0.4, 0.5) is 0 Å². The fourth-order valence-corrected chi connectivity index (χ4v) is 8.40. The highest BCUT2D eigenvalue weighted by molar-refractivity contribution is 5.01. The van der Waals surface area contributed by atoms with E-state index >= 15 is 0 Å². The predicted molar refractivity (Wildman–Crippen MR) is 198 cm³/mol. The van der Waals surface area contributed by atoms with E-state index in [1.54, 1.807) is 0 Å². The Morgan fingerprint density at radius 3 is 0.905 bits per heavy atom. The fraction of sp³-hybridized carbons (Fsp3) is 1.00. The van der Waals surface area contributed by atoms with E-state index in [2.05, 4.69) is 111 Å². The van der Waals surface area contributed by atoms with Crippen molar-refractivity contribution in [2.24, 2.45) is 32.5 Å². The maximum absolute atomic E-state index is 2.62. The van der Waals surface area contributed by atoms with E-state index < -0.39 is 0 Å². The Kier molecular flexibility index (Phi) is 22.0. The van der Waals surface area contributed by atoms with Gasteiger partial charge < -0.3 is 0 Å². The zero-order valence-electron chi connectivity index (χ0n) is 33.1. The highest BCUT2D eigenvalue weighted by Crippen LogP contribution is 2.60. The summed E-state index contributed by atoms with van der Waals surface area (Å²) in [6, 6.07) is 0. The van der Waals surface area contributed by atoms with Crippen molar-refractivity contribution >= 4 is 0 Å². The lowest BCUT2D eigenvalue weighted by Crippen LogP contribution is -2.48. The van der Waals surface area contributed by atoms with Crippen molar-refractivity contribution in [1.29, 1.82) is 0 Å². The largest absolute Gasteiger partial charge is 0.0654 e. The molecule has 0 aromatic carbocycles. The minimum absolute atomic E-state index is 0.438. The first kappa shape index (κ1) is 44.1. The van der Waals surface area contributed by atoms with E-state index in [9.17, 15) is 0 Å². The zero-order valence-corrected chi connectivity index (χ0v) is 33.1. The smallest absolute Gasteiger partial charge is 0.0221 e. The summed E-state index contributed by atoms with van der Waals surface area (Å²) in [5.74, 6) is 0. The summed E-state index contributed by atoms with van der Waals surface area (Å²) in [4.78, 5) is 0. The zero-order chi connectivity index (χ0) is 33.1. The molecule has 0 amide bonds. The summed E-state index contributed by atoms with van der Waals surface area (Å²) >= 11 is 0. The minimum atomic E-state index is 0.438. The molecule has 0 spiro atoms. The van der Waals surface area contributed by atoms with Crippen molar-refractivity contribution in [1.82, 2.24) is 0 Å². The second-order valence-corrected chi connectivity index (χ2v) is 17.2. The van der Waals surface area contributed by atoms with Gasteiger partial charge in [0, 0.05) is 0 Å². The summed E-state index contributed by atoms with van der Waals surface area (Å²) in [5.41, 5.74) is 2.70. The van der Waals surface area contributed by atoms with Crippen molar-refractivity contribution in [2.75, 3.05) is 0 Å². The van der Waals surface area contributed by atoms with Crippen LogP contribution in [0.1, 0.15) is 239 Å². The maximum atomic E-state index is 2.62. The molecule has 42 heavy (non-hydrogen) atoms. The lowest BCUT2D eigenvalue weighted by atomic mass is 9.48. The van der Waals surface area contributed by atoms with Gasteiger partial charge in [0.2, 0.25) is 0 Å². The van der Waals surface area contributed by atoms with Gasteiger partial charge in [-0.05, 0) is 71.0 Å². The number of rotatable bonds is 24. The molecule has 0 heterocycles. The number of hydrogen-bond acceptors (Lipinski definition) is 0. The summed E-state index contributed by atoms with van der Waals surface area (Å²) in [6.07, 6.45) is 27.3. The van der Waals surface area contributed by atoms with Crippen LogP contribution in [-0.2, 0) is 0 Å². The third kappa shape index (κ3) is 12.4. The monoisotopic (exact) mass is 593 g/mol. The van der Waals surface area contributed by atoms with Crippen LogP contribution < -0.4 is 0 Å². The second kappa shape index (κ2) is 20.9. The van der Waals surface area contributed by atoms with E-state index in [4.69, 9.17) is 0 Å². The Hall–Kier alpha value is 0. The quantitative estimate of drug-likeness (QED) is 0.0978. The van der Waals surface area contributed by atoms with Crippen LogP contribution in [0.5, 0.6) is 0 Å². The van der Waals surface area contributed by atoms with Gasteiger partial charge in [0.05, 0.1) is 0 Å². The maximum Gasteiger partial charge on any atom is -0.0221 e. The van der Waals surface area contributed by atoms with Crippen LogP contribution in [0.15, 0.2) is 0 Å². The molecule has 0 rings (SSSR count). The molecule has 2 unspecified atom stereocenters. The second-order valence-electron chi connectivity index (χ2n) is 17.2. The molecule has 0 radical (unpaired) electrons. The first-order valence-electron chi connectivity index (χ1n) is 19.4. The summed E-state index contributed by atoms with van der Waals surface area (Å²) in [7, 11) is 0. The molecule has 0 fully saturated rings. The molecule has 256 valence electrons. The first-order valence-corrected chi connectivity index (χ1v) is 19.4. The SMILES string of the molecule is CCCCC(C)(C)C(C)(CCCC)C(C)(CC)CCCC.CCCCCC(C)(C(C)(C)CCCC)C(C)(C)CCCC. The molecule has 0 aliphatic rings. The van der Waals surface area contributed by atoms with Crippen molar-refractivity contribution in [3.63, 3.8) is 0 Å². The molecule has 0 heteroatoms. The number of hydrogen-bond donors (Lipinski definition) is 0. The fourth-order valence-electron chi connectivity index (χ4n) is 8.40. The van der Waals surface area contributed by atoms with E-state index in [-0.39, 0.29) is 0 Å². The highest BCUT2D eigenvalue weighted by atomic mass is 14.6. The van der Waals surface area contributed by atoms with Crippen LogP contribution in [-0.4, -0.2) is 0 Å². The van der Waals surface area contributed by atoms with Gasteiger partial charge in [0.25, 0.3) is 0 Å². The first-order chi connectivity index (χ1) is 19.4. The van der Waals surface area contributed by atoms with Crippen molar-refractivity contribution < 1.29 is 0 Å². The summed E-state index contributed by atoms with van der Waals surface area (Å²) in [5, 5.41) is 0. The standard InChI is InChI=1S/2C21H44/c1-9-12-15-18-21(8,19(4,5)16-13-10-2)20(6,7)17-14-11-3;1-9-13-16-19(5,6)21(8,18-15-11-3)20(7,12-4)17-14-10-2/h2*9-18H2,1-8H3. The lowest BCUT2D eigenvalue weighted by Gasteiger charge is -2.56. The lowest BCUT2D eigenvalue weighted by molar-refractivity contribution is -0.0710. The molecule has 0 aliphatic heterocycles. The summed E-state index contributed by atoms with van der Waals surface area (Å²) < 4.78 is 0. The van der Waals surface area contributed by atoms with Gasteiger partial charge in [-0.15, -0.1) is 0 Å². The van der Waals surface area contributed by atoms with E-state index in [1.807, 2.05) is 0 Å². The predicted octanol–water partition coefficient (Wildman–Crippen LogP) is 16.0. The van der Waals surface area contributed by atoms with Gasteiger partial charge in [0.1, 0.15) is 0 Å². The van der Waals surface area contributed by atoms with E-state index in [0.717, 1.165) is 0 Å². The van der Waals surface area contributed by atoms with Crippen molar-refractivity contribution in [3.05, 3.63) is 0 Å². The van der Waals surface area contributed by atoms with Gasteiger partial charge in [0.15, 0.2) is 0 Å². The molecule has 0 aromatic rings. The molecule has 0 bridgehead atoms. The van der Waals surface area contributed by atoms with Crippen LogP contribution in [0.25, 0.3) is 0 Å². The van der Waals surface area contributed by atoms with Crippen LogP contribution >= 0.6 is 0 Å². The molecule has 0 aliphatic carbocycles. The van der Waals surface area contributed by atoms with Gasteiger partial charge in [-0.2, -0.15) is 0 Å². The van der Waals surface area contributed by atoms with Crippen molar-refractivity contribution in [2.45, 2.75) is 239 Å². The molecule has 0 N–H and O–H groups in total. The topological polar surface area (TPSA) is 0 Å². The Morgan fingerprint density at radius 1 is 0.286 bits per heavy atom. The third-order valence-electron chi connectivity index (χ3n) is 13.5. The number of unbranched alkanes of at least 4 members (excludes halogenated alkanes) is 7. The summed E-state index contributed by atoms with van der Waals surface area (Å²) in [6.45, 7) is 39.5. The Balaban J connectivity index is 0. The Morgan fingerprint density at radius 2 is 0.571 bits per heavy atom. The van der Waals surface area contributed by atoms with E-state index in [0.29, 0.717) is 32.5 Å². The van der Waals surface area contributed by atoms with Crippen molar-refractivity contribution in [3.8, 4) is 0 Å².